The Morgan fingerprint density at radius 3 is 2.00 bits per heavy atom. The molecular formula is C30H72N8P4. The molecule has 252 valence electrons. The van der Waals surface area contributed by atoms with Crippen LogP contribution >= 0.6 is 30.1 Å². The van der Waals surface area contributed by atoms with Crippen LogP contribution in [0, 0.1) is 0 Å². The van der Waals surface area contributed by atoms with Crippen LogP contribution in [0.15, 0.2) is 13.8 Å². The molecule has 12 heteroatoms. The first-order valence-electron chi connectivity index (χ1n) is 16.7. The number of nitrogens with one attached hydrogen (secondary N) is 2. The third-order valence-corrected chi connectivity index (χ3v) is 26.8. The van der Waals surface area contributed by atoms with Crippen molar-refractivity contribution in [3.8, 4) is 0 Å². The fourth-order valence-corrected chi connectivity index (χ4v) is 26.4. The Labute approximate surface area is 264 Å². The number of hydrogen-bond donors (Lipinski definition) is 2. The number of hydrogen-bond acceptors (Lipinski definition) is 5. The van der Waals surface area contributed by atoms with E-state index in [1.807, 2.05) is 0 Å². The minimum absolute atomic E-state index is 0.00660. The SMILES string of the molecule is CC[PH](CC)=NP1(=NC(C)(C)C)N(C)CCC(CC(C)P(=N[PH]2(NC(C)(C)C)NCCCN2C)(C(C)C)C(C)C)N1C. The molecule has 2 saturated heterocycles. The maximum absolute atomic E-state index is 6.23. The van der Waals surface area contributed by atoms with Crippen LogP contribution in [-0.2, 0) is 0 Å². The van der Waals surface area contributed by atoms with Crippen LogP contribution in [0.2, 0.25) is 0 Å². The van der Waals surface area contributed by atoms with Gasteiger partial charge in [-0.25, -0.2) is 0 Å². The average Bonchev–Trinajstić information content (AvgIpc) is 2.85. The molecule has 3 unspecified atom stereocenters. The predicted octanol–water partition coefficient (Wildman–Crippen LogP) is 9.32. The van der Waals surface area contributed by atoms with Crippen molar-refractivity contribution in [1.82, 2.24) is 24.2 Å². The van der Waals surface area contributed by atoms with Crippen molar-refractivity contribution in [2.45, 2.75) is 143 Å². The van der Waals surface area contributed by atoms with Crippen molar-refractivity contribution < 1.29 is 0 Å². The van der Waals surface area contributed by atoms with Gasteiger partial charge in [0.2, 0.25) is 0 Å². The summed E-state index contributed by atoms with van der Waals surface area (Å²) in [5, 5.41) is 8.14. The van der Waals surface area contributed by atoms with Crippen LogP contribution in [0.4, 0.5) is 0 Å². The van der Waals surface area contributed by atoms with E-state index in [0.717, 1.165) is 19.6 Å². The normalized spacial score (nSPS) is 27.0. The van der Waals surface area contributed by atoms with E-state index >= 15 is 0 Å². The molecule has 2 N–H and O–H groups in total. The monoisotopic (exact) mass is 668 g/mol. The Kier molecular flexibility index (Phi) is 14.2. The van der Waals surface area contributed by atoms with Gasteiger partial charge in [0.1, 0.15) is 0 Å². The van der Waals surface area contributed by atoms with Crippen molar-refractivity contribution in [1.29, 1.82) is 0 Å². The molecule has 0 aromatic rings. The van der Waals surface area contributed by atoms with Gasteiger partial charge in [0, 0.05) is 0 Å². The summed E-state index contributed by atoms with van der Waals surface area (Å²) in [7, 11) is -0.257. The summed E-state index contributed by atoms with van der Waals surface area (Å²) < 4.78 is 25.4. The van der Waals surface area contributed by atoms with Crippen molar-refractivity contribution in [3.05, 3.63) is 0 Å². The summed E-state index contributed by atoms with van der Waals surface area (Å²) in [6, 6.07) is 0.466. The van der Waals surface area contributed by atoms with Gasteiger partial charge in [-0.3, -0.25) is 0 Å². The van der Waals surface area contributed by atoms with Gasteiger partial charge in [-0.1, -0.05) is 0 Å². The molecule has 2 heterocycles. The Balaban J connectivity index is 2.72. The molecule has 3 atom stereocenters. The quantitative estimate of drug-likeness (QED) is 0.227. The molecule has 0 radical (unpaired) electrons. The summed E-state index contributed by atoms with van der Waals surface area (Å²) in [5.41, 5.74) is 1.46. The van der Waals surface area contributed by atoms with E-state index in [-0.39, 0.29) is 11.1 Å². The summed E-state index contributed by atoms with van der Waals surface area (Å²) in [5.74, 6) is 0. The average molecular weight is 669 g/mol. The van der Waals surface area contributed by atoms with Gasteiger partial charge < -0.3 is 0 Å². The zero-order valence-corrected chi connectivity index (χ0v) is 34.3. The minimum atomic E-state index is -2.47. The molecule has 0 aliphatic carbocycles. The van der Waals surface area contributed by atoms with Gasteiger partial charge in [0.25, 0.3) is 0 Å². The van der Waals surface area contributed by atoms with Gasteiger partial charge in [0.05, 0.1) is 0 Å². The van der Waals surface area contributed by atoms with Gasteiger partial charge in [-0.2, -0.15) is 0 Å². The third-order valence-electron chi connectivity index (χ3n) is 9.16. The maximum atomic E-state index is 6.23. The van der Waals surface area contributed by atoms with Crippen LogP contribution in [0.25, 0.3) is 0 Å². The molecular weight excluding hydrogens is 596 g/mol. The van der Waals surface area contributed by atoms with Crippen LogP contribution < -0.4 is 10.2 Å². The van der Waals surface area contributed by atoms with Gasteiger partial charge >= 0.3 is 265 Å². The molecule has 0 bridgehead atoms. The fraction of sp³-hybridized carbons (Fsp3) is 1.00. The summed E-state index contributed by atoms with van der Waals surface area (Å²) in [6.45, 7) is 34.0. The Hall–Kier alpha value is 0.920. The van der Waals surface area contributed by atoms with Crippen LogP contribution in [0.5, 0.6) is 0 Å². The van der Waals surface area contributed by atoms with Crippen molar-refractivity contribution in [3.63, 3.8) is 0 Å². The van der Waals surface area contributed by atoms with Crippen LogP contribution in [-0.4, -0.2) is 101 Å². The van der Waals surface area contributed by atoms with E-state index in [0.29, 0.717) is 23.0 Å². The van der Waals surface area contributed by atoms with Crippen molar-refractivity contribution in [2.24, 2.45) is 13.8 Å². The first-order valence-corrected chi connectivity index (χ1v) is 24.0. The first-order chi connectivity index (χ1) is 19.2. The Bertz CT molecular complexity index is 1010. The molecule has 2 fully saturated rings. The molecule has 2 aliphatic heterocycles. The molecule has 0 aromatic heterocycles. The van der Waals surface area contributed by atoms with Crippen LogP contribution in [0.1, 0.15) is 109 Å². The molecule has 2 aliphatic rings. The van der Waals surface area contributed by atoms with E-state index in [1.165, 1.54) is 31.6 Å². The molecule has 0 aromatic carbocycles. The summed E-state index contributed by atoms with van der Waals surface area (Å²) in [6.07, 6.45) is 5.87. The number of rotatable bonds is 10. The molecule has 2 rings (SSSR count). The molecule has 42 heavy (non-hydrogen) atoms. The summed E-state index contributed by atoms with van der Waals surface area (Å²) >= 11 is 0. The zero-order chi connectivity index (χ0) is 32.3. The molecule has 0 amide bonds. The van der Waals surface area contributed by atoms with E-state index in [1.54, 1.807) is 0 Å². The standard InChI is InChI=1S/C30H72N8P4/c1-17-39(18-2)34-42(33-30(11,12)13)37(15)23-20-28(38(42)16)24-27(7)40(25(3)4,26(5)6)35-41(32-29(8,9)10)31-21-19-22-36(41)14/h25-28,31-32,39,41H,17-24H2,1-16H3. The van der Waals surface area contributed by atoms with Crippen molar-refractivity contribution in [2.75, 3.05) is 53.1 Å². The molecule has 8 nitrogen and oxygen atoms in total. The first kappa shape index (κ1) is 39.1. The number of nitrogens with zero attached hydrogens (tertiary/aromatic N) is 6. The second-order valence-corrected chi connectivity index (χ2v) is 29.5. The van der Waals surface area contributed by atoms with Crippen molar-refractivity contribution >= 4 is 30.1 Å². The van der Waals surface area contributed by atoms with E-state index in [2.05, 4.69) is 135 Å². The van der Waals surface area contributed by atoms with E-state index < -0.39 is 30.1 Å². The second kappa shape index (κ2) is 15.2. The second-order valence-electron chi connectivity index (χ2n) is 15.5. The molecule has 0 saturated carbocycles. The summed E-state index contributed by atoms with van der Waals surface area (Å²) in [4.78, 5) is 0. The van der Waals surface area contributed by atoms with E-state index in [9.17, 15) is 0 Å². The topological polar surface area (TPSA) is 70.9 Å². The van der Waals surface area contributed by atoms with Gasteiger partial charge in [0.15, 0.2) is 0 Å². The van der Waals surface area contributed by atoms with E-state index in [4.69, 9.17) is 13.8 Å². The van der Waals surface area contributed by atoms with Gasteiger partial charge in [-0.05, 0) is 0 Å². The Morgan fingerprint density at radius 2 is 1.55 bits per heavy atom. The molecule has 0 spiro atoms. The zero-order valence-electron chi connectivity index (χ0n) is 30.5. The third kappa shape index (κ3) is 9.04. The predicted molar refractivity (Wildman–Crippen MR) is 200 cm³/mol. The van der Waals surface area contributed by atoms with Gasteiger partial charge in [-0.15, -0.1) is 0 Å². The Morgan fingerprint density at radius 1 is 0.976 bits per heavy atom. The van der Waals surface area contributed by atoms with Crippen LogP contribution in [0.3, 0.4) is 0 Å². The fourth-order valence-electron chi connectivity index (χ4n) is 7.12.